The lowest BCUT2D eigenvalue weighted by atomic mass is 9.93. The van der Waals surface area contributed by atoms with Gasteiger partial charge in [0.2, 0.25) is 5.91 Å². The molecule has 16 heavy (non-hydrogen) atoms. The molecule has 0 spiro atoms. The topological polar surface area (TPSA) is 72.2 Å². The maximum Gasteiger partial charge on any atom is 0.219 e. The molecule has 94 valence electrons. The van der Waals surface area contributed by atoms with Gasteiger partial charge in [-0.25, -0.2) is 8.93 Å². The van der Waals surface area contributed by atoms with Crippen molar-refractivity contribution in [1.82, 2.24) is 4.72 Å². The summed E-state index contributed by atoms with van der Waals surface area (Å²) in [6.07, 6.45) is 2.41. The molecule has 0 aromatic heterocycles. The van der Waals surface area contributed by atoms with Crippen molar-refractivity contribution >= 4 is 16.9 Å². The summed E-state index contributed by atoms with van der Waals surface area (Å²) in [5.74, 6) is 0.0825. The van der Waals surface area contributed by atoms with Crippen molar-refractivity contribution in [1.29, 1.82) is 0 Å². The maximum atomic E-state index is 12.0. The Kier molecular flexibility index (Phi) is 3.80. The number of carbonyl (C=O) groups is 1. The van der Waals surface area contributed by atoms with Gasteiger partial charge in [-0.3, -0.25) is 4.79 Å². The third kappa shape index (κ3) is 3.56. The van der Waals surface area contributed by atoms with Crippen molar-refractivity contribution in [3.05, 3.63) is 0 Å². The van der Waals surface area contributed by atoms with Gasteiger partial charge in [0, 0.05) is 12.0 Å². The van der Waals surface area contributed by atoms with Crippen molar-refractivity contribution in [3.8, 4) is 0 Å². The first kappa shape index (κ1) is 13.6. The van der Waals surface area contributed by atoms with Crippen LogP contribution in [0.2, 0.25) is 0 Å². The second-order valence-electron chi connectivity index (χ2n) is 5.82. The van der Waals surface area contributed by atoms with E-state index in [2.05, 4.69) is 4.72 Å². The first-order valence-corrected chi connectivity index (χ1v) is 6.78. The van der Waals surface area contributed by atoms with Crippen LogP contribution >= 0.6 is 0 Å². The van der Waals surface area contributed by atoms with Crippen LogP contribution in [-0.2, 0) is 15.8 Å². The molecule has 0 aromatic rings. The molecule has 0 unspecified atom stereocenters. The molecule has 0 bridgehead atoms. The number of nitrogens with two attached hydrogens (primary N) is 1. The van der Waals surface area contributed by atoms with Gasteiger partial charge in [-0.2, -0.15) is 0 Å². The van der Waals surface area contributed by atoms with E-state index in [-0.39, 0.29) is 17.1 Å². The number of primary amides is 1. The minimum Gasteiger partial charge on any atom is -0.370 e. The first-order valence-electron chi connectivity index (χ1n) is 5.63. The fourth-order valence-corrected chi connectivity index (χ4v) is 2.68. The van der Waals surface area contributed by atoms with E-state index in [1.165, 1.54) is 0 Å². The molecule has 4 nitrogen and oxygen atoms in total. The van der Waals surface area contributed by atoms with E-state index in [1.807, 2.05) is 27.7 Å². The fraction of sp³-hybridized carbons (Fsp3) is 0.909. The number of amides is 1. The highest BCUT2D eigenvalue weighted by Gasteiger charge is 2.44. The Morgan fingerprint density at radius 3 is 2.19 bits per heavy atom. The predicted molar refractivity (Wildman–Crippen MR) is 66.0 cm³/mol. The highest BCUT2D eigenvalue weighted by molar-refractivity contribution is 7.84. The zero-order valence-electron chi connectivity index (χ0n) is 10.5. The molecule has 1 fully saturated rings. The number of nitrogens with one attached hydrogen (secondary N) is 1. The van der Waals surface area contributed by atoms with Gasteiger partial charge in [-0.15, -0.1) is 0 Å². The van der Waals surface area contributed by atoms with Gasteiger partial charge in [-0.1, -0.05) is 0 Å². The SMILES string of the molecule is CC(C)(C)[S@](=O)N[C@](C)(CC(N)=O)C1CC1. The second-order valence-corrected chi connectivity index (χ2v) is 7.78. The lowest BCUT2D eigenvalue weighted by Crippen LogP contribution is -2.51. The minimum atomic E-state index is -1.16. The molecule has 0 radical (unpaired) electrons. The average Bonchev–Trinajstić information content (AvgIpc) is 2.81. The lowest BCUT2D eigenvalue weighted by molar-refractivity contribution is -0.119. The zero-order valence-corrected chi connectivity index (χ0v) is 11.3. The van der Waals surface area contributed by atoms with Crippen molar-refractivity contribution < 1.29 is 9.00 Å². The Bertz CT molecular complexity index is 308. The number of hydrogen-bond donors (Lipinski definition) is 2. The van der Waals surface area contributed by atoms with Crippen LogP contribution in [0.5, 0.6) is 0 Å². The number of carbonyl (C=O) groups excluding carboxylic acids is 1. The van der Waals surface area contributed by atoms with Crippen molar-refractivity contribution in [2.24, 2.45) is 11.7 Å². The first-order chi connectivity index (χ1) is 7.15. The van der Waals surface area contributed by atoms with Crippen LogP contribution < -0.4 is 10.5 Å². The van der Waals surface area contributed by atoms with E-state index in [4.69, 9.17) is 5.73 Å². The summed E-state index contributed by atoms with van der Waals surface area (Å²) in [6.45, 7) is 7.67. The Morgan fingerprint density at radius 2 is 1.88 bits per heavy atom. The minimum absolute atomic E-state index is 0.249. The van der Waals surface area contributed by atoms with Crippen LogP contribution in [0.15, 0.2) is 0 Å². The van der Waals surface area contributed by atoms with E-state index in [0.717, 1.165) is 12.8 Å². The normalized spacial score (nSPS) is 22.5. The summed E-state index contributed by atoms with van der Waals surface area (Å²) in [5.41, 5.74) is 4.84. The molecule has 1 aliphatic carbocycles. The smallest absolute Gasteiger partial charge is 0.219 e. The molecule has 2 atom stereocenters. The van der Waals surface area contributed by atoms with Crippen molar-refractivity contribution in [3.63, 3.8) is 0 Å². The molecule has 0 saturated heterocycles. The molecule has 0 aromatic carbocycles. The lowest BCUT2D eigenvalue weighted by Gasteiger charge is -2.32. The highest BCUT2D eigenvalue weighted by Crippen LogP contribution is 2.41. The molecule has 0 aliphatic heterocycles. The summed E-state index contributed by atoms with van der Waals surface area (Å²) >= 11 is 0. The van der Waals surface area contributed by atoms with E-state index in [1.54, 1.807) is 0 Å². The van der Waals surface area contributed by atoms with Crippen LogP contribution in [0.3, 0.4) is 0 Å². The summed E-state index contributed by atoms with van der Waals surface area (Å²) < 4.78 is 14.8. The van der Waals surface area contributed by atoms with E-state index >= 15 is 0 Å². The van der Waals surface area contributed by atoms with Gasteiger partial charge in [-0.05, 0) is 46.5 Å². The Hall–Kier alpha value is -0.420. The molecule has 1 saturated carbocycles. The maximum absolute atomic E-state index is 12.0. The van der Waals surface area contributed by atoms with Gasteiger partial charge < -0.3 is 5.73 Å². The molecular formula is C11H22N2O2S. The van der Waals surface area contributed by atoms with Gasteiger partial charge >= 0.3 is 0 Å². The molecule has 1 amide bonds. The van der Waals surface area contributed by atoms with Gasteiger partial charge in [0.15, 0.2) is 0 Å². The van der Waals surface area contributed by atoms with Crippen LogP contribution in [0.25, 0.3) is 0 Å². The van der Waals surface area contributed by atoms with Gasteiger partial charge in [0.1, 0.15) is 0 Å². The zero-order chi connectivity index (χ0) is 12.6. The fourth-order valence-electron chi connectivity index (χ4n) is 1.71. The third-order valence-corrected chi connectivity index (χ3v) is 4.67. The standard InChI is InChI=1S/C11H22N2O2S/c1-10(2,3)16(15)13-11(4,7-9(12)14)8-5-6-8/h8,13H,5-7H2,1-4H3,(H2,12,14)/t11-,16+/m1/s1. The number of rotatable bonds is 5. The van der Waals surface area contributed by atoms with Crippen LogP contribution in [0, 0.1) is 5.92 Å². The molecule has 5 heteroatoms. The summed E-state index contributed by atoms with van der Waals surface area (Å²) in [5, 5.41) is 0. The molecule has 1 aliphatic rings. The molecule has 3 N–H and O–H groups in total. The van der Waals surface area contributed by atoms with Crippen LogP contribution in [0.1, 0.15) is 47.0 Å². The summed E-state index contributed by atoms with van der Waals surface area (Å²) in [6, 6.07) is 0. The predicted octanol–water partition coefficient (Wildman–Crippen LogP) is 1.08. The van der Waals surface area contributed by atoms with E-state index in [0.29, 0.717) is 5.92 Å². The highest BCUT2D eigenvalue weighted by atomic mass is 32.2. The molecular weight excluding hydrogens is 224 g/mol. The summed E-state index contributed by atoms with van der Waals surface area (Å²) in [4.78, 5) is 11.1. The third-order valence-electron chi connectivity index (χ3n) is 2.90. The summed E-state index contributed by atoms with van der Waals surface area (Å²) in [7, 11) is -1.16. The van der Waals surface area contributed by atoms with E-state index < -0.39 is 16.5 Å². The van der Waals surface area contributed by atoms with Crippen LogP contribution in [-0.4, -0.2) is 20.4 Å². The monoisotopic (exact) mass is 246 g/mol. The van der Waals surface area contributed by atoms with E-state index in [9.17, 15) is 9.00 Å². The Labute approximate surface area is 99.9 Å². The molecule has 0 heterocycles. The Balaban J connectivity index is 2.71. The van der Waals surface area contributed by atoms with Crippen molar-refractivity contribution in [2.45, 2.75) is 57.2 Å². The quantitative estimate of drug-likeness (QED) is 0.762. The second kappa shape index (κ2) is 4.45. The van der Waals surface area contributed by atoms with Crippen LogP contribution in [0.4, 0.5) is 0 Å². The molecule has 1 rings (SSSR count). The van der Waals surface area contributed by atoms with Crippen molar-refractivity contribution in [2.75, 3.05) is 0 Å². The Morgan fingerprint density at radius 1 is 1.38 bits per heavy atom. The number of hydrogen-bond acceptors (Lipinski definition) is 2. The average molecular weight is 246 g/mol. The largest absolute Gasteiger partial charge is 0.370 e. The van der Waals surface area contributed by atoms with Gasteiger partial charge in [0.25, 0.3) is 0 Å². The van der Waals surface area contributed by atoms with Gasteiger partial charge in [0.05, 0.1) is 15.7 Å².